The first-order valence-corrected chi connectivity index (χ1v) is 11.4. The van der Waals surface area contributed by atoms with Crippen LogP contribution in [0.15, 0.2) is 48.5 Å². The second kappa shape index (κ2) is 10.5. The number of piperidine rings is 1. The van der Waals surface area contributed by atoms with Crippen molar-refractivity contribution in [2.45, 2.75) is 45.1 Å². The molecule has 0 aromatic heterocycles. The molecule has 2 aliphatic rings. The van der Waals surface area contributed by atoms with Crippen molar-refractivity contribution >= 4 is 17.3 Å². The van der Waals surface area contributed by atoms with Gasteiger partial charge in [0.1, 0.15) is 5.75 Å². The number of ether oxygens (including phenoxy) is 1. The predicted octanol–water partition coefficient (Wildman–Crippen LogP) is 4.58. The van der Waals surface area contributed by atoms with E-state index in [0.29, 0.717) is 13.0 Å². The van der Waals surface area contributed by atoms with Gasteiger partial charge < -0.3 is 20.3 Å². The van der Waals surface area contributed by atoms with Crippen LogP contribution >= 0.6 is 0 Å². The molecule has 1 amide bonds. The van der Waals surface area contributed by atoms with Gasteiger partial charge in [0.25, 0.3) is 0 Å². The zero-order valence-electron chi connectivity index (χ0n) is 17.7. The van der Waals surface area contributed by atoms with Crippen molar-refractivity contribution in [2.24, 2.45) is 5.92 Å². The third kappa shape index (κ3) is 5.54. The van der Waals surface area contributed by atoms with Crippen LogP contribution in [-0.4, -0.2) is 32.1 Å². The summed E-state index contributed by atoms with van der Waals surface area (Å²) in [6.07, 6.45) is 6.49. The molecule has 2 N–H and O–H groups in total. The van der Waals surface area contributed by atoms with Gasteiger partial charge in [0.2, 0.25) is 5.91 Å². The van der Waals surface area contributed by atoms with Crippen molar-refractivity contribution in [3.63, 3.8) is 0 Å². The molecule has 0 aliphatic carbocycles. The molecule has 0 radical (unpaired) electrons. The third-order valence-electron chi connectivity index (χ3n) is 6.10. The van der Waals surface area contributed by atoms with Crippen molar-refractivity contribution in [1.82, 2.24) is 5.32 Å². The highest BCUT2D eigenvalue weighted by Gasteiger charge is 2.22. The topological polar surface area (TPSA) is 53.6 Å². The van der Waals surface area contributed by atoms with Gasteiger partial charge >= 0.3 is 0 Å². The number of carbonyl (C=O) groups excluding carboxylic acids is 1. The minimum absolute atomic E-state index is 0.215. The number of hydrogen-bond acceptors (Lipinski definition) is 4. The number of benzene rings is 2. The first-order chi connectivity index (χ1) is 14.8. The maximum atomic E-state index is 12.2. The van der Waals surface area contributed by atoms with Crippen LogP contribution in [0.4, 0.5) is 11.4 Å². The Hall–Kier alpha value is -2.53. The highest BCUT2D eigenvalue weighted by Crippen LogP contribution is 2.29. The highest BCUT2D eigenvalue weighted by atomic mass is 16.5. The average Bonchev–Trinajstić information content (AvgIpc) is 3.23. The molecule has 0 saturated carbocycles. The van der Waals surface area contributed by atoms with Crippen LogP contribution in [0.25, 0.3) is 0 Å². The molecule has 30 heavy (non-hydrogen) atoms. The van der Waals surface area contributed by atoms with E-state index in [9.17, 15) is 4.79 Å². The van der Waals surface area contributed by atoms with Crippen molar-refractivity contribution in [2.75, 3.05) is 36.5 Å². The second-order valence-electron chi connectivity index (χ2n) is 8.36. The summed E-state index contributed by atoms with van der Waals surface area (Å²) in [6, 6.07) is 16.4. The number of nitrogens with zero attached hydrogens (tertiary/aromatic N) is 1. The standard InChI is InChI=1S/C25H33N3O2/c29-25-11-5-15-28(25)23-12-13-24(30-16-6-8-20-7-4-14-26-18-20)21(17-23)19-27-22-9-2-1-3-10-22/h1-3,9-10,12-13,17,20,26-27H,4-8,11,14-16,18-19H2. The summed E-state index contributed by atoms with van der Waals surface area (Å²) in [5.74, 6) is 1.91. The zero-order valence-corrected chi connectivity index (χ0v) is 17.7. The third-order valence-corrected chi connectivity index (χ3v) is 6.10. The van der Waals surface area contributed by atoms with Crippen molar-refractivity contribution in [1.29, 1.82) is 0 Å². The van der Waals surface area contributed by atoms with E-state index in [1.54, 1.807) is 0 Å². The number of rotatable bonds is 9. The summed E-state index contributed by atoms with van der Waals surface area (Å²) in [7, 11) is 0. The largest absolute Gasteiger partial charge is 0.493 e. The molecule has 2 fully saturated rings. The molecule has 0 bridgehead atoms. The minimum Gasteiger partial charge on any atom is -0.493 e. The van der Waals surface area contributed by atoms with Gasteiger partial charge in [-0.05, 0) is 81.4 Å². The molecule has 5 nitrogen and oxygen atoms in total. The van der Waals surface area contributed by atoms with E-state index in [0.717, 1.165) is 67.7 Å². The van der Waals surface area contributed by atoms with E-state index < -0.39 is 0 Å². The summed E-state index contributed by atoms with van der Waals surface area (Å²) in [5, 5.41) is 6.97. The SMILES string of the molecule is O=C1CCCN1c1ccc(OCCCC2CCCNC2)c(CNc2ccccc2)c1. The normalized spacial score (nSPS) is 19.1. The molecule has 0 spiro atoms. The quantitative estimate of drug-likeness (QED) is 0.597. The van der Waals surface area contributed by atoms with Crippen LogP contribution in [0.3, 0.4) is 0 Å². The van der Waals surface area contributed by atoms with Crippen LogP contribution in [0.1, 0.15) is 44.1 Å². The van der Waals surface area contributed by atoms with Crippen LogP contribution in [0, 0.1) is 5.92 Å². The summed E-state index contributed by atoms with van der Waals surface area (Å²) in [5.41, 5.74) is 3.15. The van der Waals surface area contributed by atoms with E-state index >= 15 is 0 Å². The molecule has 1 atom stereocenters. The average molecular weight is 408 g/mol. The predicted molar refractivity (Wildman–Crippen MR) is 122 cm³/mol. The summed E-state index contributed by atoms with van der Waals surface area (Å²) < 4.78 is 6.20. The second-order valence-corrected chi connectivity index (χ2v) is 8.36. The Morgan fingerprint density at radius 3 is 2.80 bits per heavy atom. The van der Waals surface area contributed by atoms with Gasteiger partial charge in [-0.3, -0.25) is 4.79 Å². The molecule has 160 valence electrons. The lowest BCUT2D eigenvalue weighted by atomic mass is 9.95. The highest BCUT2D eigenvalue weighted by molar-refractivity contribution is 5.95. The summed E-state index contributed by atoms with van der Waals surface area (Å²) >= 11 is 0. The first-order valence-electron chi connectivity index (χ1n) is 11.4. The van der Waals surface area contributed by atoms with Gasteiger partial charge in [-0.1, -0.05) is 18.2 Å². The molecule has 2 aliphatic heterocycles. The zero-order chi connectivity index (χ0) is 20.6. The molecule has 2 aromatic carbocycles. The fourth-order valence-corrected chi connectivity index (χ4v) is 4.41. The lowest BCUT2D eigenvalue weighted by molar-refractivity contribution is -0.117. The number of hydrogen-bond donors (Lipinski definition) is 2. The van der Waals surface area contributed by atoms with Gasteiger partial charge in [0, 0.05) is 36.4 Å². The maximum absolute atomic E-state index is 12.2. The first kappa shape index (κ1) is 20.7. The van der Waals surface area contributed by atoms with Crippen LogP contribution in [0.2, 0.25) is 0 Å². The van der Waals surface area contributed by atoms with E-state index in [2.05, 4.69) is 28.8 Å². The van der Waals surface area contributed by atoms with E-state index in [4.69, 9.17) is 4.74 Å². The maximum Gasteiger partial charge on any atom is 0.227 e. The molecule has 2 saturated heterocycles. The summed E-state index contributed by atoms with van der Waals surface area (Å²) in [4.78, 5) is 14.1. The van der Waals surface area contributed by atoms with Gasteiger partial charge in [-0.15, -0.1) is 0 Å². The van der Waals surface area contributed by atoms with Crippen LogP contribution in [-0.2, 0) is 11.3 Å². The van der Waals surface area contributed by atoms with E-state index in [1.807, 2.05) is 35.2 Å². The molecule has 2 aromatic rings. The molecule has 5 heteroatoms. The van der Waals surface area contributed by atoms with E-state index in [1.165, 1.54) is 19.3 Å². The molecule has 4 rings (SSSR count). The Kier molecular flexibility index (Phi) is 7.25. The van der Waals surface area contributed by atoms with Crippen LogP contribution < -0.4 is 20.3 Å². The van der Waals surface area contributed by atoms with Gasteiger partial charge in [0.05, 0.1) is 6.61 Å². The van der Waals surface area contributed by atoms with Crippen molar-refractivity contribution in [3.05, 3.63) is 54.1 Å². The van der Waals surface area contributed by atoms with Gasteiger partial charge in [0.15, 0.2) is 0 Å². The van der Waals surface area contributed by atoms with Crippen LogP contribution in [0.5, 0.6) is 5.75 Å². The Balaban J connectivity index is 1.40. The minimum atomic E-state index is 0.215. The van der Waals surface area contributed by atoms with Crippen molar-refractivity contribution in [3.8, 4) is 5.75 Å². The Morgan fingerprint density at radius 2 is 2.03 bits per heavy atom. The molecule has 2 heterocycles. The Labute approximate surface area is 179 Å². The van der Waals surface area contributed by atoms with Gasteiger partial charge in [-0.25, -0.2) is 0 Å². The smallest absolute Gasteiger partial charge is 0.227 e. The number of anilines is 2. The number of nitrogens with one attached hydrogen (secondary N) is 2. The number of para-hydroxylation sites is 1. The molecular formula is C25H33N3O2. The Morgan fingerprint density at radius 1 is 1.13 bits per heavy atom. The van der Waals surface area contributed by atoms with E-state index in [-0.39, 0.29) is 5.91 Å². The summed E-state index contributed by atoms with van der Waals surface area (Å²) in [6.45, 7) is 4.51. The fraction of sp³-hybridized carbons (Fsp3) is 0.480. The molecule has 1 unspecified atom stereocenters. The fourth-order valence-electron chi connectivity index (χ4n) is 4.41. The Bertz CT molecular complexity index is 818. The lowest BCUT2D eigenvalue weighted by Crippen LogP contribution is -2.29. The van der Waals surface area contributed by atoms with Crippen molar-refractivity contribution < 1.29 is 9.53 Å². The van der Waals surface area contributed by atoms with Gasteiger partial charge in [-0.2, -0.15) is 0 Å². The molecular weight excluding hydrogens is 374 g/mol. The monoisotopic (exact) mass is 407 g/mol. The lowest BCUT2D eigenvalue weighted by Gasteiger charge is -2.23. The number of amides is 1. The number of carbonyl (C=O) groups is 1.